The van der Waals surface area contributed by atoms with Gasteiger partial charge < -0.3 is 4.74 Å². The Morgan fingerprint density at radius 3 is 2.50 bits per heavy atom. The third-order valence-corrected chi connectivity index (χ3v) is 4.88. The number of alkyl halides is 2. The molecule has 0 amide bonds. The Kier molecular flexibility index (Phi) is 1.67. The van der Waals surface area contributed by atoms with Crippen molar-refractivity contribution < 1.29 is 9.13 Å². The van der Waals surface area contributed by atoms with E-state index in [-0.39, 0.29) is 10.2 Å². The van der Waals surface area contributed by atoms with Crippen molar-refractivity contribution in [1.82, 2.24) is 0 Å². The van der Waals surface area contributed by atoms with Crippen molar-refractivity contribution in [1.29, 1.82) is 0 Å². The molecule has 1 aliphatic heterocycles. The van der Waals surface area contributed by atoms with Crippen LogP contribution in [-0.4, -0.2) is 17.3 Å². The number of hydrogen-bond donors (Lipinski definition) is 0. The molecule has 0 aromatic carbocycles. The van der Waals surface area contributed by atoms with Crippen LogP contribution in [0.15, 0.2) is 0 Å². The molecule has 0 bridgehead atoms. The van der Waals surface area contributed by atoms with Crippen LogP contribution >= 0.6 is 15.9 Å². The molecule has 1 nitrogen and oxygen atoms in total. The van der Waals surface area contributed by atoms with Gasteiger partial charge in [-0.3, -0.25) is 0 Å². The van der Waals surface area contributed by atoms with Crippen molar-refractivity contribution >= 4 is 15.9 Å². The molecule has 0 radical (unpaired) electrons. The molecule has 1 heterocycles. The van der Waals surface area contributed by atoms with Crippen LogP contribution in [0.2, 0.25) is 0 Å². The highest BCUT2D eigenvalue weighted by atomic mass is 79.9. The Bertz CT molecular complexity index is 215. The highest BCUT2D eigenvalue weighted by molar-refractivity contribution is 9.09. The normalized spacial score (nSPS) is 56.2. The van der Waals surface area contributed by atoms with Gasteiger partial charge in [-0.1, -0.05) is 29.8 Å². The minimum absolute atomic E-state index is 0.140. The summed E-state index contributed by atoms with van der Waals surface area (Å²) in [6.45, 7) is 6.45. The van der Waals surface area contributed by atoms with Crippen LogP contribution in [0.3, 0.4) is 0 Å². The van der Waals surface area contributed by atoms with E-state index in [2.05, 4.69) is 29.8 Å². The monoisotopic (exact) mass is 236 g/mol. The molecule has 4 atom stereocenters. The van der Waals surface area contributed by atoms with Crippen molar-refractivity contribution in [2.45, 2.75) is 31.5 Å². The Morgan fingerprint density at radius 1 is 1.42 bits per heavy atom. The van der Waals surface area contributed by atoms with Crippen molar-refractivity contribution in [3.8, 4) is 0 Å². The Labute approximate surface area is 80.8 Å². The highest BCUT2D eigenvalue weighted by Crippen LogP contribution is 2.66. The Balaban J connectivity index is 2.19. The van der Waals surface area contributed by atoms with E-state index in [1.807, 2.05) is 0 Å². The third kappa shape index (κ3) is 0.987. The van der Waals surface area contributed by atoms with Crippen molar-refractivity contribution in [2.75, 3.05) is 6.61 Å². The molecular weight excluding hydrogens is 223 g/mol. The van der Waals surface area contributed by atoms with E-state index in [0.29, 0.717) is 18.4 Å². The van der Waals surface area contributed by atoms with Crippen molar-refractivity contribution in [3.63, 3.8) is 0 Å². The summed E-state index contributed by atoms with van der Waals surface area (Å²) in [7, 11) is 0. The lowest BCUT2D eigenvalue weighted by atomic mass is 10.0. The first-order chi connectivity index (χ1) is 5.37. The topological polar surface area (TPSA) is 9.23 Å². The van der Waals surface area contributed by atoms with Gasteiger partial charge in [0.15, 0.2) is 0 Å². The first-order valence-corrected chi connectivity index (χ1v) is 5.26. The smallest absolute Gasteiger partial charge is 0.219 e. The Hall–Kier alpha value is 0.370. The molecule has 1 saturated heterocycles. The summed E-state index contributed by atoms with van der Waals surface area (Å²) in [6, 6.07) is 0. The van der Waals surface area contributed by atoms with Gasteiger partial charge >= 0.3 is 0 Å². The maximum absolute atomic E-state index is 13.6. The minimum atomic E-state index is -1.48. The fraction of sp³-hybridized carbons (Fsp3) is 1.00. The third-order valence-electron chi connectivity index (χ3n) is 3.49. The van der Waals surface area contributed by atoms with E-state index in [4.69, 9.17) is 4.74 Å². The first kappa shape index (κ1) is 8.95. The van der Waals surface area contributed by atoms with E-state index < -0.39 is 5.85 Å². The minimum Gasteiger partial charge on any atom is -0.345 e. The van der Waals surface area contributed by atoms with Gasteiger partial charge in [-0.15, -0.1) is 0 Å². The molecule has 70 valence electrons. The summed E-state index contributed by atoms with van der Waals surface area (Å²) in [6.07, 6.45) is 0. The summed E-state index contributed by atoms with van der Waals surface area (Å²) in [5.74, 6) is -0.485. The molecule has 2 aliphatic rings. The lowest BCUT2D eigenvalue weighted by molar-refractivity contribution is -0.152. The number of fused-ring (bicyclic) bond motifs is 1. The molecule has 0 N–H and O–H groups in total. The largest absolute Gasteiger partial charge is 0.345 e. The molecule has 2 rings (SSSR count). The second kappa shape index (κ2) is 2.24. The number of ether oxygens (including phenoxy) is 1. The zero-order valence-corrected chi connectivity index (χ0v) is 9.19. The number of halogens is 2. The van der Waals surface area contributed by atoms with Crippen molar-refractivity contribution in [3.05, 3.63) is 0 Å². The fourth-order valence-electron chi connectivity index (χ4n) is 2.34. The van der Waals surface area contributed by atoms with E-state index in [1.165, 1.54) is 6.92 Å². The SMILES string of the molecule is CC1(C)[C@@H]2[C@H]1CO[C@@](C)(F)[C@H]2Br. The van der Waals surface area contributed by atoms with E-state index in [1.54, 1.807) is 0 Å². The molecule has 3 heteroatoms. The van der Waals surface area contributed by atoms with Crippen LogP contribution < -0.4 is 0 Å². The zero-order chi connectivity index (χ0) is 9.15. The maximum atomic E-state index is 13.6. The van der Waals surface area contributed by atoms with Crippen LogP contribution in [0.5, 0.6) is 0 Å². The fourth-order valence-corrected chi connectivity index (χ4v) is 3.52. The average Bonchev–Trinajstić information content (AvgIpc) is 2.46. The van der Waals surface area contributed by atoms with Crippen LogP contribution in [0, 0.1) is 17.3 Å². The predicted molar refractivity (Wildman–Crippen MR) is 48.9 cm³/mol. The second-order valence-electron chi connectivity index (χ2n) is 4.65. The van der Waals surface area contributed by atoms with Gasteiger partial charge in [-0.25, -0.2) is 4.39 Å². The standard InChI is InChI=1S/C9H14BrFO/c1-8(2)5-4-12-9(3,11)7(10)6(5)8/h5-7H,4H2,1-3H3/t5-,6-,7+,9-/m1/s1. The summed E-state index contributed by atoms with van der Waals surface area (Å²) in [5, 5.41) is 0. The summed E-state index contributed by atoms with van der Waals surface area (Å²) < 4.78 is 18.8. The van der Waals surface area contributed by atoms with Gasteiger partial charge in [0.05, 0.1) is 11.4 Å². The number of rotatable bonds is 0. The van der Waals surface area contributed by atoms with Gasteiger partial charge in [-0.05, 0) is 24.2 Å². The van der Waals surface area contributed by atoms with Crippen LogP contribution in [0.1, 0.15) is 20.8 Å². The van der Waals surface area contributed by atoms with Gasteiger partial charge in [-0.2, -0.15) is 0 Å². The van der Waals surface area contributed by atoms with Crippen LogP contribution in [0.25, 0.3) is 0 Å². The molecule has 0 aromatic rings. The van der Waals surface area contributed by atoms with Crippen LogP contribution in [-0.2, 0) is 4.74 Å². The quantitative estimate of drug-likeness (QED) is 0.588. The molecule has 2 fully saturated rings. The first-order valence-electron chi connectivity index (χ1n) is 4.34. The van der Waals surface area contributed by atoms with Gasteiger partial charge in [0.25, 0.3) is 0 Å². The van der Waals surface area contributed by atoms with Gasteiger partial charge in [0, 0.05) is 0 Å². The number of hydrogen-bond acceptors (Lipinski definition) is 1. The molecule has 1 aliphatic carbocycles. The van der Waals surface area contributed by atoms with Crippen molar-refractivity contribution in [2.24, 2.45) is 17.3 Å². The van der Waals surface area contributed by atoms with Gasteiger partial charge in [0.1, 0.15) is 0 Å². The molecule has 0 unspecified atom stereocenters. The van der Waals surface area contributed by atoms with Crippen LogP contribution in [0.4, 0.5) is 4.39 Å². The summed E-state index contributed by atoms with van der Waals surface area (Å²) >= 11 is 3.39. The average molecular weight is 237 g/mol. The molecule has 12 heavy (non-hydrogen) atoms. The van der Waals surface area contributed by atoms with E-state index >= 15 is 0 Å². The van der Waals surface area contributed by atoms with E-state index in [9.17, 15) is 4.39 Å². The molecule has 0 aromatic heterocycles. The predicted octanol–water partition coefficient (Wildman–Crippen LogP) is 2.74. The summed E-state index contributed by atoms with van der Waals surface area (Å²) in [4.78, 5) is -0.140. The lowest BCUT2D eigenvalue weighted by Crippen LogP contribution is -2.39. The highest BCUT2D eigenvalue weighted by Gasteiger charge is 2.67. The zero-order valence-electron chi connectivity index (χ0n) is 7.60. The second-order valence-corrected chi connectivity index (χ2v) is 5.64. The molecule has 0 spiro atoms. The summed E-state index contributed by atoms with van der Waals surface area (Å²) in [5.41, 5.74) is 0.262. The Morgan fingerprint density at radius 2 is 2.00 bits per heavy atom. The maximum Gasteiger partial charge on any atom is 0.219 e. The molecular formula is C9H14BrFO. The lowest BCUT2D eigenvalue weighted by Gasteiger charge is -2.30. The molecule has 1 saturated carbocycles. The van der Waals surface area contributed by atoms with E-state index in [0.717, 1.165) is 0 Å². The van der Waals surface area contributed by atoms with Gasteiger partial charge in [0.2, 0.25) is 5.85 Å².